The summed E-state index contributed by atoms with van der Waals surface area (Å²) in [5.41, 5.74) is -0.661. The van der Waals surface area contributed by atoms with Gasteiger partial charge in [-0.1, -0.05) is 18.2 Å². The van der Waals surface area contributed by atoms with Crippen LogP contribution in [0.4, 0.5) is 0 Å². The van der Waals surface area contributed by atoms with Crippen molar-refractivity contribution in [1.29, 1.82) is 0 Å². The van der Waals surface area contributed by atoms with E-state index in [2.05, 4.69) is 0 Å². The third kappa shape index (κ3) is 2.50. The Morgan fingerprint density at radius 3 is 2.24 bits per heavy atom. The van der Waals surface area contributed by atoms with Gasteiger partial charge in [-0.3, -0.25) is 4.79 Å². The fraction of sp³-hybridized carbons (Fsp3) is 0.385. The normalized spacial score (nSPS) is 17.7. The molecule has 90 valence electrons. The summed E-state index contributed by atoms with van der Waals surface area (Å²) in [6.07, 6.45) is 2.77. The first kappa shape index (κ1) is 12.1. The predicted molar refractivity (Wildman–Crippen MR) is 63.9 cm³/mol. The van der Waals surface area contributed by atoms with Crippen LogP contribution in [0.25, 0.3) is 0 Å². The van der Waals surface area contributed by atoms with Crippen molar-refractivity contribution in [3.05, 3.63) is 35.9 Å². The van der Waals surface area contributed by atoms with Gasteiger partial charge in [0, 0.05) is 0 Å². The molecule has 1 fully saturated rings. The Labute approximate surface area is 105 Å². The van der Waals surface area contributed by atoms with Crippen molar-refractivity contribution >= 4 is 22.8 Å². The highest BCUT2D eigenvalue weighted by atomic mass is 35.5. The summed E-state index contributed by atoms with van der Waals surface area (Å²) in [6.45, 7) is 0. The lowest BCUT2D eigenvalue weighted by Crippen LogP contribution is -2.38. The Morgan fingerprint density at radius 1 is 1.12 bits per heavy atom. The molecule has 0 aromatic heterocycles. The molecular formula is C13H13ClO3. The van der Waals surface area contributed by atoms with Crippen molar-refractivity contribution in [3.63, 3.8) is 0 Å². The first-order chi connectivity index (χ1) is 8.14. The SMILES string of the molecule is O=C(OC1(C(=O)Cl)CCCC1)c1ccccc1. The molecule has 0 heterocycles. The molecule has 0 saturated heterocycles. The lowest BCUT2D eigenvalue weighted by Gasteiger charge is -2.24. The van der Waals surface area contributed by atoms with Crippen molar-refractivity contribution < 1.29 is 14.3 Å². The number of hydrogen-bond acceptors (Lipinski definition) is 3. The minimum absolute atomic E-state index is 0.441. The van der Waals surface area contributed by atoms with Gasteiger partial charge >= 0.3 is 5.97 Å². The van der Waals surface area contributed by atoms with Crippen LogP contribution in [0.3, 0.4) is 0 Å². The molecule has 1 saturated carbocycles. The molecule has 1 aromatic rings. The number of ether oxygens (including phenoxy) is 1. The minimum Gasteiger partial charge on any atom is -0.446 e. The molecule has 0 amide bonds. The Balaban J connectivity index is 2.15. The molecule has 0 atom stereocenters. The monoisotopic (exact) mass is 252 g/mol. The van der Waals surface area contributed by atoms with Gasteiger partial charge in [0.2, 0.25) is 0 Å². The van der Waals surface area contributed by atoms with E-state index in [0.29, 0.717) is 18.4 Å². The summed E-state index contributed by atoms with van der Waals surface area (Å²) in [5.74, 6) is -0.485. The molecule has 0 spiro atoms. The summed E-state index contributed by atoms with van der Waals surface area (Å²) in [5, 5.41) is -0.570. The lowest BCUT2D eigenvalue weighted by atomic mass is 10.0. The van der Waals surface area contributed by atoms with Crippen LogP contribution in [0.5, 0.6) is 0 Å². The Bertz CT molecular complexity index is 422. The van der Waals surface area contributed by atoms with E-state index in [1.165, 1.54) is 0 Å². The Morgan fingerprint density at radius 2 is 1.71 bits per heavy atom. The summed E-state index contributed by atoms with van der Waals surface area (Å²) in [7, 11) is 0. The minimum atomic E-state index is -1.10. The van der Waals surface area contributed by atoms with Crippen LogP contribution in [0.1, 0.15) is 36.0 Å². The fourth-order valence-electron chi connectivity index (χ4n) is 2.10. The molecule has 4 heteroatoms. The first-order valence-electron chi connectivity index (χ1n) is 5.62. The number of halogens is 1. The zero-order valence-corrected chi connectivity index (χ0v) is 10.1. The van der Waals surface area contributed by atoms with Crippen LogP contribution in [0.15, 0.2) is 30.3 Å². The molecular weight excluding hydrogens is 240 g/mol. The molecule has 0 unspecified atom stereocenters. The summed E-state index contributed by atoms with van der Waals surface area (Å²) in [6, 6.07) is 8.63. The van der Waals surface area contributed by atoms with Crippen molar-refractivity contribution in [3.8, 4) is 0 Å². The van der Waals surface area contributed by atoms with Gasteiger partial charge < -0.3 is 4.74 Å². The van der Waals surface area contributed by atoms with Gasteiger partial charge in [0.25, 0.3) is 5.24 Å². The summed E-state index contributed by atoms with van der Waals surface area (Å²) in [4.78, 5) is 23.3. The number of hydrogen-bond donors (Lipinski definition) is 0. The van der Waals surface area contributed by atoms with Gasteiger partial charge in [0.1, 0.15) is 0 Å². The smallest absolute Gasteiger partial charge is 0.339 e. The fourth-order valence-corrected chi connectivity index (χ4v) is 2.32. The van der Waals surface area contributed by atoms with Crippen LogP contribution in [0, 0.1) is 0 Å². The summed E-state index contributed by atoms with van der Waals surface area (Å²) < 4.78 is 5.33. The third-order valence-electron chi connectivity index (χ3n) is 3.07. The van der Waals surface area contributed by atoms with Crippen molar-refractivity contribution in [2.24, 2.45) is 0 Å². The van der Waals surface area contributed by atoms with E-state index in [-0.39, 0.29) is 0 Å². The van der Waals surface area contributed by atoms with Gasteiger partial charge in [0.05, 0.1) is 5.56 Å². The predicted octanol–water partition coefficient (Wildman–Crippen LogP) is 2.92. The molecule has 3 nitrogen and oxygen atoms in total. The average Bonchev–Trinajstić information content (AvgIpc) is 2.80. The highest BCUT2D eigenvalue weighted by Crippen LogP contribution is 2.35. The molecule has 1 aliphatic rings. The Kier molecular flexibility index (Phi) is 3.48. The van der Waals surface area contributed by atoms with E-state index in [9.17, 15) is 9.59 Å². The number of benzene rings is 1. The van der Waals surface area contributed by atoms with E-state index < -0.39 is 16.8 Å². The zero-order chi connectivity index (χ0) is 12.3. The largest absolute Gasteiger partial charge is 0.446 e. The van der Waals surface area contributed by atoms with Crippen molar-refractivity contribution in [1.82, 2.24) is 0 Å². The molecule has 1 aliphatic carbocycles. The topological polar surface area (TPSA) is 43.4 Å². The van der Waals surface area contributed by atoms with E-state index >= 15 is 0 Å². The summed E-state index contributed by atoms with van der Waals surface area (Å²) >= 11 is 5.56. The number of carbonyl (C=O) groups excluding carboxylic acids is 2. The highest BCUT2D eigenvalue weighted by Gasteiger charge is 2.44. The number of carbonyl (C=O) groups is 2. The highest BCUT2D eigenvalue weighted by molar-refractivity contribution is 6.65. The molecule has 0 N–H and O–H groups in total. The van der Waals surface area contributed by atoms with E-state index in [1.54, 1.807) is 24.3 Å². The van der Waals surface area contributed by atoms with Crippen LogP contribution in [0.2, 0.25) is 0 Å². The van der Waals surface area contributed by atoms with Crippen molar-refractivity contribution in [2.45, 2.75) is 31.3 Å². The van der Waals surface area contributed by atoms with Crippen LogP contribution in [-0.2, 0) is 9.53 Å². The second-order valence-corrected chi connectivity index (χ2v) is 4.57. The van der Waals surface area contributed by atoms with Crippen LogP contribution >= 0.6 is 11.6 Å². The maximum atomic E-state index is 11.9. The molecule has 0 radical (unpaired) electrons. The number of rotatable bonds is 3. The second kappa shape index (κ2) is 4.88. The van der Waals surface area contributed by atoms with Crippen molar-refractivity contribution in [2.75, 3.05) is 0 Å². The van der Waals surface area contributed by atoms with Gasteiger partial charge in [-0.05, 0) is 49.4 Å². The third-order valence-corrected chi connectivity index (χ3v) is 3.41. The quantitative estimate of drug-likeness (QED) is 0.614. The van der Waals surface area contributed by atoms with Gasteiger partial charge in [-0.15, -0.1) is 0 Å². The second-order valence-electron chi connectivity index (χ2n) is 4.23. The van der Waals surface area contributed by atoms with E-state index in [0.717, 1.165) is 12.8 Å². The average molecular weight is 253 g/mol. The molecule has 2 rings (SSSR count). The molecule has 0 aliphatic heterocycles. The van der Waals surface area contributed by atoms with Crippen LogP contribution in [-0.4, -0.2) is 16.8 Å². The Hall–Kier alpha value is -1.35. The lowest BCUT2D eigenvalue weighted by molar-refractivity contribution is -0.129. The molecule has 17 heavy (non-hydrogen) atoms. The van der Waals surface area contributed by atoms with Crippen LogP contribution < -0.4 is 0 Å². The molecule has 0 bridgehead atoms. The molecule has 1 aromatic carbocycles. The zero-order valence-electron chi connectivity index (χ0n) is 9.32. The van der Waals surface area contributed by atoms with Gasteiger partial charge in [0.15, 0.2) is 5.60 Å². The van der Waals surface area contributed by atoms with E-state index in [1.807, 2.05) is 6.07 Å². The first-order valence-corrected chi connectivity index (χ1v) is 6.00. The van der Waals surface area contributed by atoms with Gasteiger partial charge in [-0.2, -0.15) is 0 Å². The maximum absolute atomic E-state index is 11.9. The van der Waals surface area contributed by atoms with E-state index in [4.69, 9.17) is 16.3 Å². The number of esters is 1. The van der Waals surface area contributed by atoms with Gasteiger partial charge in [-0.25, -0.2) is 4.79 Å². The standard InChI is InChI=1S/C13H13ClO3/c14-12(16)13(8-4-5-9-13)17-11(15)10-6-2-1-3-7-10/h1-3,6-7H,4-5,8-9H2. The maximum Gasteiger partial charge on any atom is 0.339 e.